The van der Waals surface area contributed by atoms with Crippen LogP contribution in [-0.4, -0.2) is 30.1 Å². The van der Waals surface area contributed by atoms with Crippen molar-refractivity contribution in [1.29, 1.82) is 0 Å². The van der Waals surface area contributed by atoms with E-state index in [-0.39, 0.29) is 11.9 Å². The van der Waals surface area contributed by atoms with E-state index >= 15 is 0 Å². The lowest BCUT2D eigenvalue weighted by Crippen LogP contribution is -2.38. The summed E-state index contributed by atoms with van der Waals surface area (Å²) in [5, 5.41) is 3.07. The second kappa shape index (κ2) is 6.71. The highest BCUT2D eigenvalue weighted by atomic mass is 16.5. The summed E-state index contributed by atoms with van der Waals surface area (Å²) in [7, 11) is 0. The van der Waals surface area contributed by atoms with E-state index in [1.165, 1.54) is 0 Å². The Morgan fingerprint density at radius 2 is 1.86 bits per heavy atom. The lowest BCUT2D eigenvalue weighted by molar-refractivity contribution is 0.0696. The number of aromatic nitrogens is 1. The van der Waals surface area contributed by atoms with Crippen LogP contribution in [0.3, 0.4) is 0 Å². The summed E-state index contributed by atoms with van der Waals surface area (Å²) in [5.74, 6) is -0.0131. The fourth-order valence-corrected chi connectivity index (χ4v) is 2.64. The van der Waals surface area contributed by atoms with Crippen molar-refractivity contribution in [3.05, 3.63) is 53.9 Å². The van der Waals surface area contributed by atoms with E-state index < -0.39 is 0 Å². The first-order valence-electron chi connectivity index (χ1n) is 7.63. The monoisotopic (exact) mass is 296 g/mol. The number of carbonyl (C=O) groups is 1. The van der Waals surface area contributed by atoms with Crippen molar-refractivity contribution in [3.63, 3.8) is 0 Å². The molecule has 4 nitrogen and oxygen atoms in total. The number of amides is 1. The third-order valence-electron chi connectivity index (χ3n) is 3.91. The van der Waals surface area contributed by atoms with Gasteiger partial charge in [-0.3, -0.25) is 9.78 Å². The molecule has 0 saturated carbocycles. The van der Waals surface area contributed by atoms with E-state index in [2.05, 4.69) is 16.4 Å². The first-order chi connectivity index (χ1) is 10.7. The molecule has 3 rings (SSSR count). The predicted octanol–water partition coefficient (Wildman–Crippen LogP) is 2.97. The third-order valence-corrected chi connectivity index (χ3v) is 3.91. The lowest BCUT2D eigenvalue weighted by Gasteiger charge is -2.23. The minimum atomic E-state index is -0.0131. The molecule has 1 saturated heterocycles. The lowest BCUT2D eigenvalue weighted by atomic mass is 10.0. The number of nitrogens with one attached hydrogen (secondary N) is 1. The quantitative estimate of drug-likeness (QED) is 0.947. The van der Waals surface area contributed by atoms with E-state index in [9.17, 15) is 4.79 Å². The van der Waals surface area contributed by atoms with Crippen LogP contribution in [0.15, 0.2) is 42.7 Å². The first-order valence-corrected chi connectivity index (χ1v) is 7.63. The zero-order valence-electron chi connectivity index (χ0n) is 12.7. The zero-order valence-corrected chi connectivity index (χ0v) is 12.7. The van der Waals surface area contributed by atoms with Crippen molar-refractivity contribution in [2.24, 2.45) is 0 Å². The molecule has 1 aromatic heterocycles. The van der Waals surface area contributed by atoms with Gasteiger partial charge in [-0.2, -0.15) is 0 Å². The molecule has 114 valence electrons. The Labute approximate surface area is 130 Å². The normalized spacial score (nSPS) is 15.5. The predicted molar refractivity (Wildman–Crippen MR) is 85.7 cm³/mol. The molecular formula is C18H20N2O2. The summed E-state index contributed by atoms with van der Waals surface area (Å²) in [6.45, 7) is 3.47. The Morgan fingerprint density at radius 3 is 2.55 bits per heavy atom. The fraction of sp³-hybridized carbons (Fsp3) is 0.333. The van der Waals surface area contributed by atoms with Crippen molar-refractivity contribution in [3.8, 4) is 11.1 Å². The molecule has 1 amide bonds. The van der Waals surface area contributed by atoms with Crippen LogP contribution in [0, 0.1) is 6.92 Å². The van der Waals surface area contributed by atoms with Crippen LogP contribution < -0.4 is 5.32 Å². The Morgan fingerprint density at radius 1 is 1.14 bits per heavy atom. The van der Waals surface area contributed by atoms with Gasteiger partial charge >= 0.3 is 0 Å². The number of aryl methyl sites for hydroxylation is 1. The van der Waals surface area contributed by atoms with Crippen LogP contribution in [0.2, 0.25) is 0 Å². The number of nitrogens with zero attached hydrogens (tertiary/aromatic N) is 1. The van der Waals surface area contributed by atoms with Crippen LogP contribution in [0.25, 0.3) is 11.1 Å². The van der Waals surface area contributed by atoms with Crippen LogP contribution in [-0.2, 0) is 4.74 Å². The first kappa shape index (κ1) is 14.7. The second-order valence-corrected chi connectivity index (χ2v) is 5.69. The van der Waals surface area contributed by atoms with Crippen LogP contribution >= 0.6 is 0 Å². The van der Waals surface area contributed by atoms with E-state index in [0.717, 1.165) is 42.7 Å². The van der Waals surface area contributed by atoms with E-state index in [1.54, 1.807) is 0 Å². The Kier molecular flexibility index (Phi) is 4.49. The molecule has 2 aromatic rings. The number of benzene rings is 1. The Balaban J connectivity index is 1.69. The molecule has 1 aromatic carbocycles. The maximum absolute atomic E-state index is 12.3. The van der Waals surface area contributed by atoms with Gasteiger partial charge in [-0.05, 0) is 49.1 Å². The summed E-state index contributed by atoms with van der Waals surface area (Å²) in [6.07, 6.45) is 5.45. The average molecular weight is 296 g/mol. The molecule has 0 aliphatic carbocycles. The van der Waals surface area contributed by atoms with Crippen molar-refractivity contribution in [2.75, 3.05) is 13.2 Å². The van der Waals surface area contributed by atoms with Gasteiger partial charge in [-0.15, -0.1) is 0 Å². The molecule has 1 aliphatic heterocycles. The Bertz CT molecular complexity index is 646. The van der Waals surface area contributed by atoms with Crippen LogP contribution in [0.5, 0.6) is 0 Å². The number of rotatable bonds is 3. The molecule has 0 bridgehead atoms. The molecular weight excluding hydrogens is 276 g/mol. The van der Waals surface area contributed by atoms with Gasteiger partial charge in [0.05, 0.1) is 0 Å². The zero-order chi connectivity index (χ0) is 15.4. The molecule has 2 heterocycles. The molecule has 0 spiro atoms. The molecule has 1 fully saturated rings. The average Bonchev–Trinajstić information content (AvgIpc) is 2.56. The van der Waals surface area contributed by atoms with Crippen LogP contribution in [0.4, 0.5) is 0 Å². The van der Waals surface area contributed by atoms with Crippen molar-refractivity contribution < 1.29 is 9.53 Å². The van der Waals surface area contributed by atoms with Gasteiger partial charge in [0, 0.05) is 42.8 Å². The van der Waals surface area contributed by atoms with Gasteiger partial charge in [0.1, 0.15) is 0 Å². The molecule has 4 heteroatoms. The highest BCUT2D eigenvalue weighted by Gasteiger charge is 2.16. The summed E-state index contributed by atoms with van der Waals surface area (Å²) in [6, 6.07) is 9.98. The van der Waals surface area contributed by atoms with E-state index in [4.69, 9.17) is 4.74 Å². The molecule has 0 unspecified atom stereocenters. The number of carbonyl (C=O) groups excluding carboxylic acids is 1. The standard InChI is InChI=1S/C18H20N2O2/c1-13-10-16(12-19-11-13)14-2-4-15(5-3-14)18(21)20-17-6-8-22-9-7-17/h2-5,10-12,17H,6-9H2,1H3,(H,20,21). The third kappa shape index (κ3) is 3.52. The molecule has 22 heavy (non-hydrogen) atoms. The minimum absolute atomic E-state index is 0.0131. The highest BCUT2D eigenvalue weighted by Crippen LogP contribution is 2.20. The van der Waals surface area contributed by atoms with Crippen molar-refractivity contribution in [2.45, 2.75) is 25.8 Å². The molecule has 1 aliphatic rings. The SMILES string of the molecule is Cc1cncc(-c2ccc(C(=O)NC3CCOCC3)cc2)c1. The highest BCUT2D eigenvalue weighted by molar-refractivity contribution is 5.94. The molecule has 0 atom stereocenters. The van der Waals surface area contributed by atoms with Gasteiger partial charge in [0.25, 0.3) is 5.91 Å². The summed E-state index contributed by atoms with van der Waals surface area (Å²) in [4.78, 5) is 16.5. The fourth-order valence-electron chi connectivity index (χ4n) is 2.64. The maximum Gasteiger partial charge on any atom is 0.251 e. The number of hydrogen-bond donors (Lipinski definition) is 1. The topological polar surface area (TPSA) is 51.2 Å². The molecule has 1 N–H and O–H groups in total. The summed E-state index contributed by atoms with van der Waals surface area (Å²) in [5.41, 5.74) is 3.95. The van der Waals surface area contributed by atoms with E-state index in [1.807, 2.05) is 43.6 Å². The summed E-state index contributed by atoms with van der Waals surface area (Å²) < 4.78 is 5.30. The number of ether oxygens (including phenoxy) is 1. The number of pyridine rings is 1. The van der Waals surface area contributed by atoms with Crippen molar-refractivity contribution >= 4 is 5.91 Å². The van der Waals surface area contributed by atoms with Gasteiger partial charge in [0.15, 0.2) is 0 Å². The second-order valence-electron chi connectivity index (χ2n) is 5.69. The number of hydrogen-bond acceptors (Lipinski definition) is 3. The maximum atomic E-state index is 12.3. The largest absolute Gasteiger partial charge is 0.381 e. The van der Waals surface area contributed by atoms with Gasteiger partial charge in [0.2, 0.25) is 0 Å². The Hall–Kier alpha value is -2.20. The summed E-state index contributed by atoms with van der Waals surface area (Å²) >= 11 is 0. The van der Waals surface area contributed by atoms with Gasteiger partial charge in [-0.25, -0.2) is 0 Å². The van der Waals surface area contributed by atoms with Crippen LogP contribution in [0.1, 0.15) is 28.8 Å². The van der Waals surface area contributed by atoms with Gasteiger partial charge < -0.3 is 10.1 Å². The van der Waals surface area contributed by atoms with Crippen molar-refractivity contribution in [1.82, 2.24) is 10.3 Å². The smallest absolute Gasteiger partial charge is 0.251 e. The van der Waals surface area contributed by atoms with Gasteiger partial charge in [-0.1, -0.05) is 12.1 Å². The minimum Gasteiger partial charge on any atom is -0.381 e. The molecule has 0 radical (unpaired) electrons. The van der Waals surface area contributed by atoms with E-state index in [0.29, 0.717) is 5.56 Å².